The first-order valence-electron chi connectivity index (χ1n) is 6.13. The van der Waals surface area contributed by atoms with E-state index >= 15 is 0 Å². The average Bonchev–Trinajstić information content (AvgIpc) is 2.17. The minimum absolute atomic E-state index is 0.0467. The van der Waals surface area contributed by atoms with Crippen molar-refractivity contribution in [1.82, 2.24) is 0 Å². The summed E-state index contributed by atoms with van der Waals surface area (Å²) in [5.74, 6) is 0.649. The van der Waals surface area contributed by atoms with Crippen LogP contribution in [0.15, 0.2) is 0 Å². The van der Waals surface area contributed by atoms with E-state index in [1.54, 1.807) is 0 Å². The molecule has 1 saturated carbocycles. The van der Waals surface area contributed by atoms with E-state index in [9.17, 15) is 4.79 Å². The van der Waals surface area contributed by atoms with Crippen LogP contribution >= 0.6 is 0 Å². The van der Waals surface area contributed by atoms with E-state index in [2.05, 4.69) is 20.8 Å². The summed E-state index contributed by atoms with van der Waals surface area (Å²) in [4.78, 5) is 11.2. The molecule has 0 radical (unpaired) electrons. The third-order valence-corrected chi connectivity index (χ3v) is 3.44. The van der Waals surface area contributed by atoms with Gasteiger partial charge in [-0.2, -0.15) is 0 Å². The van der Waals surface area contributed by atoms with Crippen molar-refractivity contribution in [3.05, 3.63) is 0 Å². The minimum Gasteiger partial charge on any atom is -0.462 e. The SMILES string of the molecule is CCC(=O)O[C@@H]1CCC[C@@H](C(C)(C)C)C1. The molecule has 0 aromatic rings. The highest BCUT2D eigenvalue weighted by Crippen LogP contribution is 2.38. The summed E-state index contributed by atoms with van der Waals surface area (Å²) >= 11 is 0. The lowest BCUT2D eigenvalue weighted by Gasteiger charge is -2.37. The van der Waals surface area contributed by atoms with Gasteiger partial charge in [0.25, 0.3) is 0 Å². The summed E-state index contributed by atoms with van der Waals surface area (Å²) in [7, 11) is 0. The van der Waals surface area contributed by atoms with Gasteiger partial charge in [-0.05, 0) is 37.0 Å². The molecule has 1 aliphatic rings. The number of hydrogen-bond donors (Lipinski definition) is 0. The highest BCUT2D eigenvalue weighted by molar-refractivity contribution is 5.69. The Balaban J connectivity index is 2.46. The van der Waals surface area contributed by atoms with Gasteiger partial charge in [0.05, 0.1) is 0 Å². The number of carbonyl (C=O) groups is 1. The standard InChI is InChI=1S/C13H24O2/c1-5-12(14)15-11-8-6-7-10(9-11)13(2,3)4/h10-11H,5-9H2,1-4H3/t10-,11-/m1/s1. The Morgan fingerprint density at radius 2 is 2.00 bits per heavy atom. The van der Waals surface area contributed by atoms with Crippen LogP contribution in [0.5, 0.6) is 0 Å². The summed E-state index contributed by atoms with van der Waals surface area (Å²) in [6.07, 6.45) is 5.26. The Morgan fingerprint density at radius 1 is 1.33 bits per heavy atom. The maximum absolute atomic E-state index is 11.2. The van der Waals surface area contributed by atoms with Crippen molar-refractivity contribution < 1.29 is 9.53 Å². The van der Waals surface area contributed by atoms with Crippen molar-refractivity contribution in [1.29, 1.82) is 0 Å². The highest BCUT2D eigenvalue weighted by atomic mass is 16.5. The Hall–Kier alpha value is -0.530. The van der Waals surface area contributed by atoms with Gasteiger partial charge < -0.3 is 4.74 Å². The fourth-order valence-corrected chi connectivity index (χ4v) is 2.31. The normalized spacial score (nSPS) is 27.5. The van der Waals surface area contributed by atoms with Crippen LogP contribution in [0.3, 0.4) is 0 Å². The van der Waals surface area contributed by atoms with E-state index < -0.39 is 0 Å². The summed E-state index contributed by atoms with van der Waals surface area (Å²) in [6.45, 7) is 8.69. The molecule has 0 unspecified atom stereocenters. The summed E-state index contributed by atoms with van der Waals surface area (Å²) in [5, 5.41) is 0. The molecule has 0 aliphatic heterocycles. The van der Waals surface area contributed by atoms with Gasteiger partial charge in [0.15, 0.2) is 0 Å². The summed E-state index contributed by atoms with van der Waals surface area (Å²) in [5.41, 5.74) is 0.345. The largest absolute Gasteiger partial charge is 0.462 e. The lowest BCUT2D eigenvalue weighted by atomic mass is 9.71. The zero-order valence-corrected chi connectivity index (χ0v) is 10.5. The summed E-state index contributed by atoms with van der Waals surface area (Å²) < 4.78 is 5.43. The average molecular weight is 212 g/mol. The molecule has 0 aromatic heterocycles. The first kappa shape index (κ1) is 12.5. The molecular weight excluding hydrogens is 188 g/mol. The third-order valence-electron chi connectivity index (χ3n) is 3.44. The van der Waals surface area contributed by atoms with Gasteiger partial charge in [-0.1, -0.05) is 27.7 Å². The lowest BCUT2D eigenvalue weighted by molar-refractivity contribution is -0.151. The quantitative estimate of drug-likeness (QED) is 0.654. The molecule has 1 rings (SSSR count). The fourth-order valence-electron chi connectivity index (χ4n) is 2.31. The van der Waals surface area contributed by atoms with Gasteiger partial charge in [0.2, 0.25) is 0 Å². The highest BCUT2D eigenvalue weighted by Gasteiger charge is 2.31. The van der Waals surface area contributed by atoms with Crippen LogP contribution < -0.4 is 0 Å². The second kappa shape index (κ2) is 5.00. The Bertz CT molecular complexity index is 215. The Morgan fingerprint density at radius 3 is 2.53 bits per heavy atom. The predicted octanol–water partition coefficient (Wildman–Crippen LogP) is 3.54. The molecule has 0 heterocycles. The van der Waals surface area contributed by atoms with Crippen LogP contribution in [0.25, 0.3) is 0 Å². The molecule has 0 amide bonds. The Labute approximate surface area is 93.4 Å². The molecule has 0 bridgehead atoms. The molecular formula is C13H24O2. The van der Waals surface area contributed by atoms with Crippen LogP contribution in [0.4, 0.5) is 0 Å². The van der Waals surface area contributed by atoms with Gasteiger partial charge in [0.1, 0.15) is 6.10 Å². The van der Waals surface area contributed by atoms with E-state index in [1.807, 2.05) is 6.92 Å². The number of hydrogen-bond acceptors (Lipinski definition) is 2. The van der Waals surface area contributed by atoms with E-state index in [4.69, 9.17) is 4.74 Å². The zero-order chi connectivity index (χ0) is 11.5. The maximum Gasteiger partial charge on any atom is 0.305 e. The van der Waals surface area contributed by atoms with Gasteiger partial charge in [-0.15, -0.1) is 0 Å². The number of carbonyl (C=O) groups excluding carboxylic acids is 1. The topological polar surface area (TPSA) is 26.3 Å². The van der Waals surface area contributed by atoms with Crippen molar-refractivity contribution in [2.75, 3.05) is 0 Å². The van der Waals surface area contributed by atoms with Crippen LogP contribution in [-0.2, 0) is 9.53 Å². The second-order valence-electron chi connectivity index (χ2n) is 5.69. The zero-order valence-electron chi connectivity index (χ0n) is 10.5. The van der Waals surface area contributed by atoms with Crippen LogP contribution in [0, 0.1) is 11.3 Å². The molecule has 2 heteroatoms. The molecule has 0 aromatic carbocycles. The van der Waals surface area contributed by atoms with Crippen molar-refractivity contribution in [3.63, 3.8) is 0 Å². The minimum atomic E-state index is -0.0467. The van der Waals surface area contributed by atoms with E-state index in [-0.39, 0.29) is 12.1 Å². The van der Waals surface area contributed by atoms with Gasteiger partial charge in [0, 0.05) is 6.42 Å². The Kier molecular flexibility index (Phi) is 4.18. The molecule has 0 N–H and O–H groups in total. The van der Waals surface area contributed by atoms with Crippen molar-refractivity contribution in [3.8, 4) is 0 Å². The monoisotopic (exact) mass is 212 g/mol. The molecule has 88 valence electrons. The predicted molar refractivity (Wildman–Crippen MR) is 61.6 cm³/mol. The number of rotatable bonds is 2. The van der Waals surface area contributed by atoms with E-state index in [0.717, 1.165) is 12.8 Å². The lowest BCUT2D eigenvalue weighted by Crippen LogP contribution is -2.31. The van der Waals surface area contributed by atoms with E-state index in [0.29, 0.717) is 17.8 Å². The van der Waals surface area contributed by atoms with E-state index in [1.165, 1.54) is 12.8 Å². The van der Waals surface area contributed by atoms with Crippen LogP contribution in [-0.4, -0.2) is 12.1 Å². The second-order valence-corrected chi connectivity index (χ2v) is 5.69. The first-order chi connectivity index (χ1) is 6.93. The first-order valence-corrected chi connectivity index (χ1v) is 6.13. The molecule has 2 atom stereocenters. The van der Waals surface area contributed by atoms with Gasteiger partial charge >= 0.3 is 5.97 Å². The molecule has 0 saturated heterocycles. The third kappa shape index (κ3) is 3.84. The molecule has 1 fully saturated rings. The number of esters is 1. The molecule has 2 nitrogen and oxygen atoms in total. The molecule has 1 aliphatic carbocycles. The van der Waals surface area contributed by atoms with Gasteiger partial charge in [-0.3, -0.25) is 4.79 Å². The summed E-state index contributed by atoms with van der Waals surface area (Å²) in [6, 6.07) is 0. The fraction of sp³-hybridized carbons (Fsp3) is 0.923. The maximum atomic E-state index is 11.2. The molecule has 15 heavy (non-hydrogen) atoms. The van der Waals surface area contributed by atoms with Crippen LogP contribution in [0.2, 0.25) is 0 Å². The van der Waals surface area contributed by atoms with Crippen molar-refractivity contribution >= 4 is 5.97 Å². The van der Waals surface area contributed by atoms with Crippen molar-refractivity contribution in [2.45, 2.75) is 65.9 Å². The van der Waals surface area contributed by atoms with Crippen molar-refractivity contribution in [2.24, 2.45) is 11.3 Å². The number of ether oxygens (including phenoxy) is 1. The molecule has 0 spiro atoms. The van der Waals surface area contributed by atoms with Crippen LogP contribution in [0.1, 0.15) is 59.8 Å². The smallest absolute Gasteiger partial charge is 0.305 e. The van der Waals surface area contributed by atoms with Gasteiger partial charge in [-0.25, -0.2) is 0 Å².